The van der Waals surface area contributed by atoms with Gasteiger partial charge in [0.15, 0.2) is 0 Å². The first kappa shape index (κ1) is 18.9. The third-order valence-electron chi connectivity index (χ3n) is 5.44. The van der Waals surface area contributed by atoms with Gasteiger partial charge in [0.2, 0.25) is 5.91 Å². The first-order valence-corrected chi connectivity index (χ1v) is 10.5. The van der Waals surface area contributed by atoms with Crippen LogP contribution in [0.5, 0.6) is 0 Å². The number of aryl methyl sites for hydroxylation is 1. The van der Waals surface area contributed by atoms with E-state index in [1.54, 1.807) is 22.4 Å². The molecule has 3 aromatic rings. The summed E-state index contributed by atoms with van der Waals surface area (Å²) in [4.78, 5) is 18.7. The molecule has 1 aliphatic rings. The Morgan fingerprint density at radius 1 is 1.29 bits per heavy atom. The SMILES string of the molecule is CC[C@H]1CCN(C(=O)Cc2cc3cc(-c4nnc(C)s4)ccc3cn2)C[C@@H]1F. The van der Waals surface area contributed by atoms with Gasteiger partial charge in [0, 0.05) is 23.7 Å². The molecule has 2 atom stereocenters. The maximum absolute atomic E-state index is 14.2. The van der Waals surface area contributed by atoms with Gasteiger partial charge < -0.3 is 4.90 Å². The quantitative estimate of drug-likeness (QED) is 0.661. The third-order valence-corrected chi connectivity index (χ3v) is 6.32. The first-order valence-electron chi connectivity index (χ1n) is 9.64. The van der Waals surface area contributed by atoms with E-state index in [4.69, 9.17) is 0 Å². The van der Waals surface area contributed by atoms with Crippen LogP contribution in [0.2, 0.25) is 0 Å². The Hall–Kier alpha value is -2.41. The number of rotatable bonds is 4. The van der Waals surface area contributed by atoms with Crippen LogP contribution >= 0.6 is 11.3 Å². The van der Waals surface area contributed by atoms with Gasteiger partial charge in [-0.2, -0.15) is 0 Å². The van der Waals surface area contributed by atoms with Crippen LogP contribution in [0.1, 0.15) is 30.5 Å². The minimum Gasteiger partial charge on any atom is -0.339 e. The molecule has 0 aliphatic carbocycles. The molecule has 0 radical (unpaired) electrons. The van der Waals surface area contributed by atoms with Gasteiger partial charge in [-0.15, -0.1) is 10.2 Å². The highest BCUT2D eigenvalue weighted by molar-refractivity contribution is 7.14. The van der Waals surface area contributed by atoms with Crippen LogP contribution in [0.15, 0.2) is 30.5 Å². The lowest BCUT2D eigenvalue weighted by atomic mass is 9.92. The Kier molecular flexibility index (Phi) is 5.35. The van der Waals surface area contributed by atoms with E-state index in [-0.39, 0.29) is 24.8 Å². The van der Waals surface area contributed by atoms with Gasteiger partial charge in [-0.25, -0.2) is 4.39 Å². The lowest BCUT2D eigenvalue weighted by Gasteiger charge is -2.34. The molecule has 2 aromatic heterocycles. The number of fused-ring (bicyclic) bond motifs is 1. The predicted octanol–water partition coefficient (Wildman–Crippen LogP) is 4.20. The summed E-state index contributed by atoms with van der Waals surface area (Å²) in [5.41, 5.74) is 1.71. The average molecular weight is 399 g/mol. The minimum atomic E-state index is -0.926. The third kappa shape index (κ3) is 3.90. The largest absolute Gasteiger partial charge is 0.339 e. The summed E-state index contributed by atoms with van der Waals surface area (Å²) in [5.74, 6) is 0.0187. The zero-order chi connectivity index (χ0) is 19.7. The van der Waals surface area contributed by atoms with Crippen LogP contribution in [0.25, 0.3) is 21.3 Å². The van der Waals surface area contributed by atoms with Crippen molar-refractivity contribution in [3.8, 4) is 10.6 Å². The summed E-state index contributed by atoms with van der Waals surface area (Å²) in [5, 5.41) is 12.1. The molecule has 1 aliphatic heterocycles. The van der Waals surface area contributed by atoms with E-state index < -0.39 is 6.17 Å². The smallest absolute Gasteiger partial charge is 0.228 e. The summed E-state index contributed by atoms with van der Waals surface area (Å²) < 4.78 is 14.2. The summed E-state index contributed by atoms with van der Waals surface area (Å²) in [6.07, 6.45) is 2.62. The molecule has 3 heterocycles. The number of carbonyl (C=O) groups excluding carboxylic acids is 1. The Balaban J connectivity index is 1.51. The minimum absolute atomic E-state index is 0.0556. The van der Waals surface area contributed by atoms with E-state index in [0.717, 1.165) is 39.2 Å². The van der Waals surface area contributed by atoms with Gasteiger partial charge in [-0.1, -0.05) is 36.8 Å². The van der Waals surface area contributed by atoms with E-state index in [0.29, 0.717) is 12.2 Å². The number of amides is 1. The van der Waals surface area contributed by atoms with Gasteiger partial charge in [-0.3, -0.25) is 9.78 Å². The highest BCUT2D eigenvalue weighted by Gasteiger charge is 2.30. The van der Waals surface area contributed by atoms with E-state index in [9.17, 15) is 9.18 Å². The standard InChI is InChI=1S/C21H23FN4OS/c1-3-14-6-7-26(12-19(14)22)20(27)10-18-9-17-8-15(4-5-16(17)11-23-18)21-25-24-13(2)28-21/h4-5,8-9,11,14,19H,3,6-7,10,12H2,1-2H3/t14-,19-/m0/s1. The molecule has 0 spiro atoms. The molecule has 1 aromatic carbocycles. The highest BCUT2D eigenvalue weighted by atomic mass is 32.1. The van der Waals surface area contributed by atoms with Crippen LogP contribution in [-0.4, -0.2) is 45.2 Å². The van der Waals surface area contributed by atoms with E-state index in [1.807, 2.05) is 32.0 Å². The molecule has 28 heavy (non-hydrogen) atoms. The molecule has 0 unspecified atom stereocenters. The molecule has 0 saturated carbocycles. The van der Waals surface area contributed by atoms with Gasteiger partial charge in [-0.05, 0) is 36.8 Å². The van der Waals surface area contributed by atoms with Crippen molar-refractivity contribution < 1.29 is 9.18 Å². The van der Waals surface area contributed by atoms with Crippen LogP contribution in [0.3, 0.4) is 0 Å². The van der Waals surface area contributed by atoms with Crippen LogP contribution < -0.4 is 0 Å². The Morgan fingerprint density at radius 2 is 2.14 bits per heavy atom. The molecule has 4 rings (SSSR count). The van der Waals surface area contributed by atoms with Crippen molar-refractivity contribution in [2.24, 2.45) is 5.92 Å². The number of benzene rings is 1. The summed E-state index contributed by atoms with van der Waals surface area (Å²) in [6, 6.07) is 8.00. The Bertz CT molecular complexity index is 1000. The van der Waals surface area contributed by atoms with E-state index >= 15 is 0 Å². The predicted molar refractivity (Wildman–Crippen MR) is 109 cm³/mol. The second-order valence-corrected chi connectivity index (χ2v) is 8.53. The van der Waals surface area contributed by atoms with Crippen molar-refractivity contribution >= 4 is 28.0 Å². The number of hydrogen-bond donors (Lipinski definition) is 0. The molecule has 1 fully saturated rings. The number of aromatic nitrogens is 3. The van der Waals surface area contributed by atoms with Crippen molar-refractivity contribution in [1.82, 2.24) is 20.1 Å². The van der Waals surface area contributed by atoms with Gasteiger partial charge in [0.05, 0.1) is 18.7 Å². The topological polar surface area (TPSA) is 59.0 Å². The summed E-state index contributed by atoms with van der Waals surface area (Å²) in [6.45, 7) is 4.77. The molecule has 1 saturated heterocycles. The molecule has 1 amide bonds. The maximum atomic E-state index is 14.2. The normalized spacial score (nSPS) is 19.9. The van der Waals surface area contributed by atoms with Gasteiger partial charge in [0.25, 0.3) is 0 Å². The average Bonchev–Trinajstić information content (AvgIpc) is 3.13. The van der Waals surface area contributed by atoms with Gasteiger partial charge in [0.1, 0.15) is 16.2 Å². The molecule has 0 N–H and O–H groups in total. The van der Waals surface area contributed by atoms with E-state index in [2.05, 4.69) is 21.2 Å². The number of carbonyl (C=O) groups is 1. The van der Waals surface area contributed by atoms with Crippen molar-refractivity contribution in [3.05, 3.63) is 41.2 Å². The maximum Gasteiger partial charge on any atom is 0.228 e. The number of piperidine rings is 1. The van der Waals surface area contributed by atoms with Crippen molar-refractivity contribution in [2.45, 2.75) is 39.3 Å². The second kappa shape index (κ2) is 7.91. The molecular weight excluding hydrogens is 375 g/mol. The Labute approximate surface area is 167 Å². The fraction of sp³-hybridized carbons (Fsp3) is 0.429. The molecule has 5 nitrogen and oxygen atoms in total. The number of nitrogens with zero attached hydrogens (tertiary/aromatic N) is 4. The molecule has 146 valence electrons. The highest BCUT2D eigenvalue weighted by Crippen LogP contribution is 2.27. The van der Waals surface area contributed by atoms with Crippen LogP contribution in [0, 0.1) is 12.8 Å². The zero-order valence-electron chi connectivity index (χ0n) is 16.1. The van der Waals surface area contributed by atoms with Crippen molar-refractivity contribution in [2.75, 3.05) is 13.1 Å². The van der Waals surface area contributed by atoms with Crippen molar-refractivity contribution in [1.29, 1.82) is 0 Å². The van der Waals surface area contributed by atoms with Gasteiger partial charge >= 0.3 is 0 Å². The second-order valence-electron chi connectivity index (χ2n) is 7.35. The molecule has 7 heteroatoms. The lowest BCUT2D eigenvalue weighted by molar-refractivity contribution is -0.133. The number of likely N-dealkylation sites (tertiary alicyclic amines) is 1. The number of alkyl halides is 1. The van der Waals surface area contributed by atoms with Crippen LogP contribution in [-0.2, 0) is 11.2 Å². The zero-order valence-corrected chi connectivity index (χ0v) is 16.9. The summed E-state index contributed by atoms with van der Waals surface area (Å²) in [7, 11) is 0. The lowest BCUT2D eigenvalue weighted by Crippen LogP contribution is -2.45. The summed E-state index contributed by atoms with van der Waals surface area (Å²) >= 11 is 1.55. The van der Waals surface area contributed by atoms with Crippen LogP contribution in [0.4, 0.5) is 4.39 Å². The number of hydrogen-bond acceptors (Lipinski definition) is 5. The first-order chi connectivity index (χ1) is 13.5. The molecular formula is C21H23FN4OS. The fourth-order valence-corrected chi connectivity index (χ4v) is 4.42. The Morgan fingerprint density at radius 3 is 2.86 bits per heavy atom. The van der Waals surface area contributed by atoms with Crippen molar-refractivity contribution in [3.63, 3.8) is 0 Å². The fourth-order valence-electron chi connectivity index (χ4n) is 3.74. The number of halogens is 1. The molecule has 0 bridgehead atoms. The monoisotopic (exact) mass is 398 g/mol. The van der Waals surface area contributed by atoms with E-state index in [1.165, 1.54) is 0 Å². The number of pyridine rings is 1.